The fourth-order valence-electron chi connectivity index (χ4n) is 4.53. The quantitative estimate of drug-likeness (QED) is 0.288. The standard InChI is InChI=1S/C26H24ClN9O2/c1-38-26-20(19-11-17(27)6-9-22(19)35-14-30-33-34-35)12-24(37)36(32-26)23(10-15-2-3-15)25-29-13-21(31-25)16-4-7-18(28)8-5-16/h4-9,11-15,23H,2-3,10,28H2,1H3,(H,29,31). The lowest BCUT2D eigenvalue weighted by atomic mass is 10.0. The maximum atomic E-state index is 13.6. The first-order valence-electron chi connectivity index (χ1n) is 12.1. The van der Waals surface area contributed by atoms with Crippen LogP contribution in [-0.2, 0) is 0 Å². The van der Waals surface area contributed by atoms with Crippen molar-refractivity contribution in [3.8, 4) is 34.0 Å². The Morgan fingerprint density at radius 1 is 1.16 bits per heavy atom. The summed E-state index contributed by atoms with van der Waals surface area (Å²) in [6, 6.07) is 13.9. The molecule has 11 nitrogen and oxygen atoms in total. The molecule has 38 heavy (non-hydrogen) atoms. The van der Waals surface area contributed by atoms with Crippen molar-refractivity contribution < 1.29 is 4.74 Å². The number of imidazole rings is 1. The number of nitrogen functional groups attached to an aromatic ring is 1. The van der Waals surface area contributed by atoms with Gasteiger partial charge in [0.1, 0.15) is 18.2 Å². The van der Waals surface area contributed by atoms with E-state index in [2.05, 4.69) is 30.6 Å². The van der Waals surface area contributed by atoms with E-state index >= 15 is 0 Å². The van der Waals surface area contributed by atoms with Gasteiger partial charge >= 0.3 is 0 Å². The summed E-state index contributed by atoms with van der Waals surface area (Å²) in [5.74, 6) is 1.43. The van der Waals surface area contributed by atoms with Crippen LogP contribution < -0.4 is 16.0 Å². The minimum Gasteiger partial charge on any atom is -0.480 e. The van der Waals surface area contributed by atoms with E-state index in [0.29, 0.717) is 39.3 Å². The number of anilines is 1. The fraction of sp³-hybridized carbons (Fsp3) is 0.231. The third-order valence-electron chi connectivity index (χ3n) is 6.64. The van der Waals surface area contributed by atoms with Crippen molar-refractivity contribution in [2.75, 3.05) is 12.8 Å². The van der Waals surface area contributed by atoms with E-state index in [4.69, 9.17) is 22.1 Å². The molecule has 0 amide bonds. The SMILES string of the molecule is COc1nn(C(CC2CC2)c2ncc(-c3ccc(N)cc3)[nH]2)c(=O)cc1-c1cc(Cl)ccc1-n1cnnn1. The van der Waals surface area contributed by atoms with Crippen molar-refractivity contribution in [3.05, 3.63) is 82.3 Å². The van der Waals surface area contributed by atoms with Crippen LogP contribution in [0.15, 0.2) is 65.8 Å². The maximum Gasteiger partial charge on any atom is 0.268 e. The van der Waals surface area contributed by atoms with Gasteiger partial charge in [-0.25, -0.2) is 9.67 Å². The number of H-pyrrole nitrogens is 1. The number of rotatable bonds is 8. The molecule has 12 heteroatoms. The second-order valence-electron chi connectivity index (χ2n) is 9.26. The van der Waals surface area contributed by atoms with E-state index < -0.39 is 0 Å². The van der Waals surface area contributed by atoms with E-state index in [1.807, 2.05) is 24.3 Å². The molecule has 6 rings (SSSR count). The number of nitrogens with two attached hydrogens (primary N) is 1. The molecule has 192 valence electrons. The molecule has 0 spiro atoms. The van der Waals surface area contributed by atoms with Crippen LogP contribution in [0.25, 0.3) is 28.1 Å². The molecular weight excluding hydrogens is 506 g/mol. The van der Waals surface area contributed by atoms with E-state index in [0.717, 1.165) is 30.5 Å². The third kappa shape index (κ3) is 4.63. The number of nitrogens with one attached hydrogen (secondary N) is 1. The molecule has 1 atom stereocenters. The van der Waals surface area contributed by atoms with Crippen LogP contribution in [-0.4, -0.2) is 47.1 Å². The van der Waals surface area contributed by atoms with Gasteiger partial charge in [-0.3, -0.25) is 4.79 Å². The predicted octanol–water partition coefficient (Wildman–Crippen LogP) is 3.91. The van der Waals surface area contributed by atoms with Gasteiger partial charge in [-0.2, -0.15) is 4.68 Å². The van der Waals surface area contributed by atoms with Crippen molar-refractivity contribution in [3.63, 3.8) is 0 Å². The Labute approximate surface area is 222 Å². The summed E-state index contributed by atoms with van der Waals surface area (Å²) < 4.78 is 8.63. The zero-order valence-corrected chi connectivity index (χ0v) is 21.2. The summed E-state index contributed by atoms with van der Waals surface area (Å²) in [7, 11) is 1.52. The zero-order valence-electron chi connectivity index (χ0n) is 20.5. The Morgan fingerprint density at radius 2 is 1.97 bits per heavy atom. The Bertz CT molecular complexity index is 1640. The first-order chi connectivity index (χ1) is 18.5. The van der Waals surface area contributed by atoms with Crippen LogP contribution in [0.3, 0.4) is 0 Å². The maximum absolute atomic E-state index is 13.6. The van der Waals surface area contributed by atoms with Crippen molar-refractivity contribution in [1.82, 2.24) is 40.0 Å². The van der Waals surface area contributed by atoms with Crippen molar-refractivity contribution in [1.29, 1.82) is 0 Å². The molecule has 1 fully saturated rings. The average molecular weight is 530 g/mol. The van der Waals surface area contributed by atoms with Crippen molar-refractivity contribution >= 4 is 17.3 Å². The van der Waals surface area contributed by atoms with E-state index in [1.165, 1.54) is 28.9 Å². The van der Waals surface area contributed by atoms with Crippen LogP contribution in [0.2, 0.25) is 5.02 Å². The van der Waals surface area contributed by atoms with E-state index in [9.17, 15) is 4.79 Å². The molecule has 1 aliphatic rings. The number of aromatic nitrogens is 8. The monoisotopic (exact) mass is 529 g/mol. The summed E-state index contributed by atoms with van der Waals surface area (Å²) >= 11 is 6.33. The van der Waals surface area contributed by atoms with E-state index in [-0.39, 0.29) is 17.5 Å². The van der Waals surface area contributed by atoms with Gasteiger partial charge in [0, 0.05) is 22.3 Å². The molecule has 2 aromatic carbocycles. The molecule has 1 saturated carbocycles. The fourth-order valence-corrected chi connectivity index (χ4v) is 4.70. The first-order valence-corrected chi connectivity index (χ1v) is 12.5. The normalized spacial score (nSPS) is 13.9. The largest absolute Gasteiger partial charge is 0.480 e. The van der Waals surface area contributed by atoms with Gasteiger partial charge in [0.15, 0.2) is 0 Å². The number of halogens is 1. The lowest BCUT2D eigenvalue weighted by Crippen LogP contribution is -2.29. The number of methoxy groups -OCH3 is 1. The van der Waals surface area contributed by atoms with Crippen LogP contribution >= 0.6 is 11.6 Å². The second-order valence-corrected chi connectivity index (χ2v) is 9.70. The predicted molar refractivity (Wildman–Crippen MR) is 142 cm³/mol. The van der Waals surface area contributed by atoms with Gasteiger partial charge in [0.2, 0.25) is 5.88 Å². The lowest BCUT2D eigenvalue weighted by molar-refractivity contribution is 0.356. The van der Waals surface area contributed by atoms with E-state index in [1.54, 1.807) is 24.4 Å². The number of hydrogen-bond acceptors (Lipinski definition) is 8. The minimum atomic E-state index is -0.390. The van der Waals surface area contributed by atoms with Gasteiger partial charge < -0.3 is 15.5 Å². The first kappa shape index (κ1) is 23.9. The average Bonchev–Trinajstić information content (AvgIpc) is 3.36. The molecule has 0 radical (unpaired) electrons. The molecule has 3 heterocycles. The highest BCUT2D eigenvalue weighted by Gasteiger charge is 2.31. The lowest BCUT2D eigenvalue weighted by Gasteiger charge is -2.19. The van der Waals surface area contributed by atoms with Gasteiger partial charge in [-0.05, 0) is 58.7 Å². The molecule has 1 unspecified atom stereocenters. The van der Waals surface area contributed by atoms with Crippen molar-refractivity contribution in [2.24, 2.45) is 5.92 Å². The summed E-state index contributed by atoms with van der Waals surface area (Å²) in [5.41, 5.74) is 9.74. The van der Waals surface area contributed by atoms with Gasteiger partial charge in [0.05, 0.1) is 30.3 Å². The Balaban J connectivity index is 1.44. The molecule has 3 aromatic heterocycles. The smallest absolute Gasteiger partial charge is 0.268 e. The van der Waals surface area contributed by atoms with Crippen LogP contribution in [0.1, 0.15) is 31.1 Å². The van der Waals surface area contributed by atoms with Gasteiger partial charge in [-0.15, -0.1) is 10.2 Å². The van der Waals surface area contributed by atoms with Crippen molar-refractivity contribution in [2.45, 2.75) is 25.3 Å². The number of aromatic amines is 1. The van der Waals surface area contributed by atoms with Crippen LogP contribution in [0.5, 0.6) is 5.88 Å². The minimum absolute atomic E-state index is 0.271. The summed E-state index contributed by atoms with van der Waals surface area (Å²) in [5, 5.41) is 16.6. The Hall–Kier alpha value is -4.51. The Morgan fingerprint density at radius 3 is 2.68 bits per heavy atom. The summed E-state index contributed by atoms with van der Waals surface area (Å²) in [6.07, 6.45) is 6.20. The number of nitrogens with zero attached hydrogens (tertiary/aromatic N) is 7. The highest BCUT2D eigenvalue weighted by molar-refractivity contribution is 6.31. The van der Waals surface area contributed by atoms with Crippen LogP contribution in [0, 0.1) is 5.92 Å². The molecule has 3 N–H and O–H groups in total. The number of ether oxygens (including phenoxy) is 1. The topological polar surface area (TPSA) is 142 Å². The number of tetrazole rings is 1. The highest BCUT2D eigenvalue weighted by Crippen LogP contribution is 2.39. The Kier molecular flexibility index (Phi) is 6.12. The molecule has 0 aliphatic heterocycles. The molecular formula is C26H24ClN9O2. The molecule has 5 aromatic rings. The van der Waals surface area contributed by atoms with Gasteiger partial charge in [-0.1, -0.05) is 36.6 Å². The highest BCUT2D eigenvalue weighted by atomic mass is 35.5. The number of benzene rings is 2. The summed E-state index contributed by atoms with van der Waals surface area (Å²) in [4.78, 5) is 21.6. The molecule has 1 aliphatic carbocycles. The zero-order chi connectivity index (χ0) is 26.2. The van der Waals surface area contributed by atoms with Crippen LogP contribution in [0.4, 0.5) is 5.69 Å². The molecule has 0 saturated heterocycles. The summed E-state index contributed by atoms with van der Waals surface area (Å²) in [6.45, 7) is 0. The number of hydrogen-bond donors (Lipinski definition) is 2. The second kappa shape index (κ2) is 9.75. The third-order valence-corrected chi connectivity index (χ3v) is 6.88. The molecule has 0 bridgehead atoms. The van der Waals surface area contributed by atoms with Gasteiger partial charge in [0.25, 0.3) is 5.56 Å².